The molecule has 5 N–H and O–H groups in total. The summed E-state index contributed by atoms with van der Waals surface area (Å²) in [5, 5.41) is 60.3. The zero-order valence-corrected chi connectivity index (χ0v) is 13.4. The van der Waals surface area contributed by atoms with Crippen molar-refractivity contribution in [2.75, 3.05) is 12.1 Å². The van der Waals surface area contributed by atoms with Crippen molar-refractivity contribution in [3.8, 4) is 0 Å². The van der Waals surface area contributed by atoms with Gasteiger partial charge in [0.25, 0.3) is 11.4 Å². The van der Waals surface area contributed by atoms with Gasteiger partial charge in [0.15, 0.2) is 0 Å². The van der Waals surface area contributed by atoms with E-state index in [2.05, 4.69) is 5.48 Å². The number of benzene rings is 1. The third-order valence-electron chi connectivity index (χ3n) is 3.89. The molecule has 1 fully saturated rings. The van der Waals surface area contributed by atoms with E-state index in [1.807, 2.05) is 0 Å². The zero-order chi connectivity index (χ0) is 19.6. The van der Waals surface area contributed by atoms with E-state index in [0.29, 0.717) is 0 Å². The molecule has 13 nitrogen and oxygen atoms in total. The number of nitrogens with zero attached hydrogens (tertiary/aromatic N) is 2. The van der Waals surface area contributed by atoms with E-state index in [1.54, 1.807) is 0 Å². The molecule has 1 aromatic rings. The number of hydrogen-bond donors (Lipinski definition) is 5. The SMILES string of the molecule is Cc1c([N+](=O)[O-])cc(NO[C@@H]2O[C@H](CO)[C@@H](O)[C@H](O)[C@H]2O)cc1[N+](=O)[O-]. The molecule has 0 radical (unpaired) electrons. The van der Waals surface area contributed by atoms with Crippen LogP contribution in [0.25, 0.3) is 0 Å². The summed E-state index contributed by atoms with van der Waals surface area (Å²) in [5.41, 5.74) is 0.788. The van der Waals surface area contributed by atoms with E-state index in [4.69, 9.17) is 14.7 Å². The maximum Gasteiger partial charge on any atom is 0.281 e. The normalized spacial score (nSPS) is 28.6. The maximum atomic E-state index is 11.0. The number of anilines is 1. The zero-order valence-electron chi connectivity index (χ0n) is 13.4. The molecule has 144 valence electrons. The molecular formula is C13H17N3O10. The summed E-state index contributed by atoms with van der Waals surface area (Å²) in [6.45, 7) is 0.546. The van der Waals surface area contributed by atoms with Crippen LogP contribution in [0.3, 0.4) is 0 Å². The van der Waals surface area contributed by atoms with Crippen LogP contribution in [0.1, 0.15) is 5.56 Å². The van der Waals surface area contributed by atoms with Gasteiger partial charge in [-0.3, -0.25) is 25.7 Å². The van der Waals surface area contributed by atoms with Crippen molar-refractivity contribution < 1.29 is 39.8 Å². The predicted molar refractivity (Wildman–Crippen MR) is 83.0 cm³/mol. The summed E-state index contributed by atoms with van der Waals surface area (Å²) < 4.78 is 5.07. The van der Waals surface area contributed by atoms with Crippen LogP contribution in [-0.2, 0) is 9.57 Å². The average Bonchev–Trinajstić information content (AvgIpc) is 2.59. The van der Waals surface area contributed by atoms with Crippen molar-refractivity contribution in [2.45, 2.75) is 37.6 Å². The van der Waals surface area contributed by atoms with Crippen LogP contribution in [0.4, 0.5) is 17.1 Å². The Bertz CT molecular complexity index is 662. The second kappa shape index (κ2) is 7.86. The van der Waals surface area contributed by atoms with Gasteiger partial charge in [-0.25, -0.2) is 4.84 Å². The Balaban J connectivity index is 2.21. The topological polar surface area (TPSA) is 198 Å². The molecule has 26 heavy (non-hydrogen) atoms. The smallest absolute Gasteiger partial charge is 0.281 e. The van der Waals surface area contributed by atoms with Crippen molar-refractivity contribution >= 4 is 17.1 Å². The first kappa shape index (κ1) is 19.9. The Morgan fingerprint density at radius 2 is 1.65 bits per heavy atom. The quantitative estimate of drug-likeness (QED) is 0.300. The molecule has 0 spiro atoms. The van der Waals surface area contributed by atoms with Crippen molar-refractivity contribution in [1.29, 1.82) is 0 Å². The van der Waals surface area contributed by atoms with Crippen molar-refractivity contribution in [3.63, 3.8) is 0 Å². The van der Waals surface area contributed by atoms with Crippen LogP contribution < -0.4 is 5.48 Å². The summed E-state index contributed by atoms with van der Waals surface area (Å²) >= 11 is 0. The minimum absolute atomic E-state index is 0.154. The number of aliphatic hydroxyl groups excluding tert-OH is 4. The molecule has 0 unspecified atom stereocenters. The van der Waals surface area contributed by atoms with Gasteiger partial charge in [0.1, 0.15) is 30.0 Å². The van der Waals surface area contributed by atoms with Gasteiger partial charge in [-0.2, -0.15) is 0 Å². The van der Waals surface area contributed by atoms with E-state index in [1.165, 1.54) is 6.92 Å². The maximum absolute atomic E-state index is 11.0. The molecular weight excluding hydrogens is 358 g/mol. The molecule has 1 aliphatic heterocycles. The second-order valence-electron chi connectivity index (χ2n) is 5.57. The minimum Gasteiger partial charge on any atom is -0.394 e. The fourth-order valence-corrected chi connectivity index (χ4v) is 2.41. The van der Waals surface area contributed by atoms with E-state index in [0.717, 1.165) is 12.1 Å². The van der Waals surface area contributed by atoms with Gasteiger partial charge < -0.3 is 25.2 Å². The highest BCUT2D eigenvalue weighted by Gasteiger charge is 2.44. The number of nitro benzene ring substituents is 2. The molecule has 0 saturated carbocycles. The first-order chi connectivity index (χ1) is 12.2. The molecule has 0 amide bonds. The number of aliphatic hydroxyl groups is 4. The van der Waals surface area contributed by atoms with Gasteiger partial charge in [-0.05, 0) is 6.92 Å². The van der Waals surface area contributed by atoms with E-state index < -0.39 is 58.5 Å². The first-order valence-electron chi connectivity index (χ1n) is 7.33. The van der Waals surface area contributed by atoms with Crippen LogP contribution in [0, 0.1) is 27.2 Å². The van der Waals surface area contributed by atoms with Gasteiger partial charge in [0, 0.05) is 12.1 Å². The lowest BCUT2D eigenvalue weighted by molar-refractivity contribution is -0.395. The van der Waals surface area contributed by atoms with Crippen LogP contribution in [-0.4, -0.2) is 67.6 Å². The van der Waals surface area contributed by atoms with Crippen molar-refractivity contribution in [1.82, 2.24) is 0 Å². The number of nitro groups is 2. The molecule has 1 heterocycles. The van der Waals surface area contributed by atoms with Crippen LogP contribution in [0.5, 0.6) is 0 Å². The third-order valence-corrected chi connectivity index (χ3v) is 3.89. The van der Waals surface area contributed by atoms with Gasteiger partial charge in [0.05, 0.1) is 22.1 Å². The summed E-state index contributed by atoms with van der Waals surface area (Å²) in [6.07, 6.45) is -7.77. The Labute approximate surface area is 145 Å². The van der Waals surface area contributed by atoms with E-state index in [9.17, 15) is 35.5 Å². The molecule has 5 atom stereocenters. The standard InChI is InChI=1S/C13H17N3O10/c1-5-7(15(21)22)2-6(3-8(5)16(23)24)14-26-13-12(20)11(19)10(18)9(4-17)25-13/h2-3,9-14,17-20H,4H2,1H3/t9-,10-,11+,12-,13+/m1/s1. The lowest BCUT2D eigenvalue weighted by Crippen LogP contribution is -2.59. The Hall–Kier alpha value is -2.42. The Morgan fingerprint density at radius 3 is 2.12 bits per heavy atom. The number of hydrogen-bond acceptors (Lipinski definition) is 11. The van der Waals surface area contributed by atoms with Crippen molar-refractivity contribution in [3.05, 3.63) is 37.9 Å². The summed E-state index contributed by atoms with van der Waals surface area (Å²) in [7, 11) is 0. The molecule has 0 aliphatic carbocycles. The molecule has 0 bridgehead atoms. The molecule has 1 aliphatic rings. The second-order valence-corrected chi connectivity index (χ2v) is 5.57. The Kier molecular flexibility index (Phi) is 6.01. The fourth-order valence-electron chi connectivity index (χ4n) is 2.41. The highest BCUT2D eigenvalue weighted by atomic mass is 16.8. The van der Waals surface area contributed by atoms with Crippen molar-refractivity contribution in [2.24, 2.45) is 0 Å². The summed E-state index contributed by atoms with van der Waals surface area (Å²) in [6, 6.07) is 1.96. The number of rotatable bonds is 6. The monoisotopic (exact) mass is 375 g/mol. The lowest BCUT2D eigenvalue weighted by Gasteiger charge is -2.39. The highest BCUT2D eigenvalue weighted by molar-refractivity contribution is 5.63. The third kappa shape index (κ3) is 3.87. The van der Waals surface area contributed by atoms with Crippen LogP contribution in [0.2, 0.25) is 0 Å². The van der Waals surface area contributed by atoms with Crippen LogP contribution >= 0.6 is 0 Å². The largest absolute Gasteiger partial charge is 0.394 e. The molecule has 1 saturated heterocycles. The lowest BCUT2D eigenvalue weighted by atomic mass is 9.99. The van der Waals surface area contributed by atoms with Gasteiger partial charge in [-0.1, -0.05) is 0 Å². The molecule has 1 aromatic carbocycles. The molecule has 2 rings (SSSR count). The Morgan fingerprint density at radius 1 is 1.12 bits per heavy atom. The molecule has 0 aromatic heterocycles. The van der Waals surface area contributed by atoms with E-state index in [-0.39, 0.29) is 11.3 Å². The predicted octanol–water partition coefficient (Wildman–Crippen LogP) is -1.05. The van der Waals surface area contributed by atoms with Gasteiger partial charge in [-0.15, -0.1) is 0 Å². The van der Waals surface area contributed by atoms with Gasteiger partial charge in [0.2, 0.25) is 6.29 Å². The summed E-state index contributed by atoms with van der Waals surface area (Å²) in [4.78, 5) is 25.4. The highest BCUT2D eigenvalue weighted by Crippen LogP contribution is 2.32. The number of ether oxygens (including phenoxy) is 1. The fraction of sp³-hybridized carbons (Fsp3) is 0.538. The van der Waals surface area contributed by atoms with Gasteiger partial charge >= 0.3 is 0 Å². The average molecular weight is 375 g/mol. The van der Waals surface area contributed by atoms with E-state index >= 15 is 0 Å². The van der Waals surface area contributed by atoms with Crippen LogP contribution in [0.15, 0.2) is 12.1 Å². The first-order valence-corrected chi connectivity index (χ1v) is 7.33. The number of nitrogens with one attached hydrogen (secondary N) is 1. The molecule has 13 heteroatoms. The minimum atomic E-state index is -1.71. The summed E-state index contributed by atoms with van der Waals surface area (Å²) in [5.74, 6) is 0.